The molecule has 158 valence electrons. The molecule has 6 nitrogen and oxygen atoms in total. The first-order valence-corrected chi connectivity index (χ1v) is 10.3. The van der Waals surface area contributed by atoms with Gasteiger partial charge in [-0.25, -0.2) is 4.98 Å². The largest absolute Gasteiger partial charge is 0.494 e. The van der Waals surface area contributed by atoms with Crippen LogP contribution < -0.4 is 10.1 Å². The Kier molecular flexibility index (Phi) is 6.87. The van der Waals surface area contributed by atoms with Crippen LogP contribution >= 0.6 is 0 Å². The average Bonchev–Trinajstić information content (AvgIpc) is 3.16. The Morgan fingerprint density at radius 3 is 2.40 bits per heavy atom. The maximum atomic E-state index is 12.5. The number of carbonyl (C=O) groups is 1. The molecule has 0 bridgehead atoms. The number of carbonyl (C=O) groups excluding carboxylic acids is 1. The minimum atomic E-state index is -0.380. The van der Waals surface area contributed by atoms with Gasteiger partial charge < -0.3 is 10.1 Å². The molecule has 0 spiro atoms. The van der Waals surface area contributed by atoms with Crippen molar-refractivity contribution >= 4 is 5.91 Å². The number of aromatic nitrogens is 3. The summed E-state index contributed by atoms with van der Waals surface area (Å²) >= 11 is 0. The van der Waals surface area contributed by atoms with Gasteiger partial charge in [-0.1, -0.05) is 63.2 Å². The lowest BCUT2D eigenvalue weighted by Crippen LogP contribution is -2.30. The third-order valence-corrected chi connectivity index (χ3v) is 4.85. The number of aromatic amines is 1. The zero-order chi connectivity index (χ0) is 21.6. The van der Waals surface area contributed by atoms with Crippen molar-refractivity contribution in [1.82, 2.24) is 20.5 Å². The Labute approximate surface area is 178 Å². The lowest BCUT2D eigenvalue weighted by atomic mass is 9.87. The van der Waals surface area contributed by atoms with Gasteiger partial charge in [-0.15, -0.1) is 0 Å². The van der Waals surface area contributed by atoms with Crippen molar-refractivity contribution in [2.75, 3.05) is 6.61 Å². The maximum Gasteiger partial charge on any atom is 0.220 e. The molecule has 0 saturated carbocycles. The van der Waals surface area contributed by atoms with E-state index in [1.165, 1.54) is 5.56 Å². The highest BCUT2D eigenvalue weighted by atomic mass is 16.5. The minimum absolute atomic E-state index is 0.0574. The van der Waals surface area contributed by atoms with Gasteiger partial charge >= 0.3 is 0 Å². The molecule has 1 amide bonds. The summed E-state index contributed by atoms with van der Waals surface area (Å²) in [5.41, 5.74) is 2.33. The molecule has 0 aliphatic heterocycles. The summed E-state index contributed by atoms with van der Waals surface area (Å²) in [6.45, 7) is 8.88. The van der Waals surface area contributed by atoms with Crippen LogP contribution in [0.2, 0.25) is 0 Å². The van der Waals surface area contributed by atoms with Gasteiger partial charge in [-0.3, -0.25) is 9.89 Å². The van der Waals surface area contributed by atoms with E-state index in [-0.39, 0.29) is 17.4 Å². The summed E-state index contributed by atoms with van der Waals surface area (Å²) in [6.07, 6.45) is 0.994. The second kappa shape index (κ2) is 9.57. The molecule has 6 heteroatoms. The topological polar surface area (TPSA) is 79.9 Å². The van der Waals surface area contributed by atoms with E-state index in [0.717, 1.165) is 11.3 Å². The van der Waals surface area contributed by atoms with Crippen molar-refractivity contribution in [3.8, 4) is 5.75 Å². The molecule has 0 aliphatic carbocycles. The Morgan fingerprint density at radius 1 is 1.10 bits per heavy atom. The quantitative estimate of drug-likeness (QED) is 0.541. The molecule has 0 fully saturated rings. The van der Waals surface area contributed by atoms with E-state index in [4.69, 9.17) is 4.74 Å². The third kappa shape index (κ3) is 5.92. The van der Waals surface area contributed by atoms with Gasteiger partial charge in [0.2, 0.25) is 5.91 Å². The predicted molar refractivity (Wildman–Crippen MR) is 117 cm³/mol. The SMILES string of the molecule is Cc1nc(C(NC(=O)CCCOc2ccc(C(C)(C)C)cc2)c2ccccc2)n[nH]1. The van der Waals surface area contributed by atoms with E-state index in [1.807, 2.05) is 49.4 Å². The number of aryl methyl sites for hydroxylation is 1. The molecule has 0 saturated heterocycles. The number of nitrogens with zero attached hydrogens (tertiary/aromatic N) is 2. The summed E-state index contributed by atoms with van der Waals surface area (Å²) in [5.74, 6) is 2.04. The fraction of sp³-hybridized carbons (Fsp3) is 0.375. The second-order valence-corrected chi connectivity index (χ2v) is 8.42. The number of nitrogens with one attached hydrogen (secondary N) is 2. The van der Waals surface area contributed by atoms with E-state index in [0.29, 0.717) is 31.1 Å². The molecule has 0 aliphatic rings. The van der Waals surface area contributed by atoms with Crippen LogP contribution in [0.15, 0.2) is 54.6 Å². The van der Waals surface area contributed by atoms with Crippen LogP contribution in [-0.2, 0) is 10.2 Å². The summed E-state index contributed by atoms with van der Waals surface area (Å²) < 4.78 is 5.79. The van der Waals surface area contributed by atoms with Gasteiger partial charge in [0.25, 0.3) is 0 Å². The fourth-order valence-electron chi connectivity index (χ4n) is 3.14. The first-order chi connectivity index (χ1) is 14.3. The Morgan fingerprint density at radius 2 is 1.80 bits per heavy atom. The third-order valence-electron chi connectivity index (χ3n) is 4.85. The van der Waals surface area contributed by atoms with E-state index >= 15 is 0 Å². The van der Waals surface area contributed by atoms with E-state index in [9.17, 15) is 4.79 Å². The highest BCUT2D eigenvalue weighted by molar-refractivity contribution is 5.76. The lowest BCUT2D eigenvalue weighted by Gasteiger charge is -2.19. The average molecular weight is 407 g/mol. The number of rotatable bonds is 8. The predicted octanol–water partition coefficient (Wildman–Crippen LogP) is 4.48. The van der Waals surface area contributed by atoms with Gasteiger partial charge in [-0.05, 0) is 42.0 Å². The van der Waals surface area contributed by atoms with Gasteiger partial charge in [0.15, 0.2) is 5.82 Å². The van der Waals surface area contributed by atoms with Gasteiger partial charge in [0.05, 0.1) is 6.61 Å². The van der Waals surface area contributed by atoms with Crippen LogP contribution in [0.4, 0.5) is 0 Å². The molecular weight excluding hydrogens is 376 g/mol. The summed E-state index contributed by atoms with van der Waals surface area (Å²) in [4.78, 5) is 16.9. The highest BCUT2D eigenvalue weighted by Gasteiger charge is 2.20. The number of H-pyrrole nitrogens is 1. The van der Waals surface area contributed by atoms with Crippen LogP contribution in [0, 0.1) is 6.92 Å². The van der Waals surface area contributed by atoms with Crippen molar-refractivity contribution in [3.05, 3.63) is 77.4 Å². The highest BCUT2D eigenvalue weighted by Crippen LogP contribution is 2.24. The number of hydrogen-bond acceptors (Lipinski definition) is 4. The molecular formula is C24H30N4O2. The number of ether oxygens (including phenoxy) is 1. The molecule has 3 aromatic rings. The summed E-state index contributed by atoms with van der Waals surface area (Å²) in [5, 5.41) is 10.1. The van der Waals surface area contributed by atoms with Crippen molar-refractivity contribution in [2.24, 2.45) is 0 Å². The minimum Gasteiger partial charge on any atom is -0.494 e. The van der Waals surface area contributed by atoms with Crippen LogP contribution in [-0.4, -0.2) is 27.7 Å². The molecule has 2 aromatic carbocycles. The normalized spacial score (nSPS) is 12.4. The van der Waals surface area contributed by atoms with Crippen molar-refractivity contribution in [2.45, 2.75) is 52.0 Å². The second-order valence-electron chi connectivity index (χ2n) is 8.42. The zero-order valence-corrected chi connectivity index (χ0v) is 18.1. The first-order valence-electron chi connectivity index (χ1n) is 10.3. The lowest BCUT2D eigenvalue weighted by molar-refractivity contribution is -0.121. The van der Waals surface area contributed by atoms with E-state index in [1.54, 1.807) is 0 Å². The van der Waals surface area contributed by atoms with Crippen molar-refractivity contribution < 1.29 is 9.53 Å². The number of benzene rings is 2. The standard InChI is InChI=1S/C24H30N4O2/c1-17-25-23(28-27-17)22(18-9-6-5-7-10-18)26-21(29)11-8-16-30-20-14-12-19(13-15-20)24(2,3)4/h5-7,9-10,12-15,22H,8,11,16H2,1-4H3,(H,26,29)(H,25,27,28). The summed E-state index contributed by atoms with van der Waals surface area (Å²) in [6, 6.07) is 17.5. The Hall–Kier alpha value is -3.15. The number of hydrogen-bond donors (Lipinski definition) is 2. The first kappa shape index (κ1) is 21.6. The van der Waals surface area contributed by atoms with Crippen molar-refractivity contribution in [1.29, 1.82) is 0 Å². The fourth-order valence-corrected chi connectivity index (χ4v) is 3.14. The maximum absolute atomic E-state index is 12.5. The monoisotopic (exact) mass is 406 g/mol. The van der Waals surface area contributed by atoms with Gasteiger partial charge in [0, 0.05) is 6.42 Å². The molecule has 30 heavy (non-hydrogen) atoms. The van der Waals surface area contributed by atoms with Gasteiger partial charge in [0.1, 0.15) is 17.6 Å². The molecule has 1 heterocycles. The van der Waals surface area contributed by atoms with Gasteiger partial charge in [-0.2, -0.15) is 5.10 Å². The van der Waals surface area contributed by atoms with Crippen LogP contribution in [0.25, 0.3) is 0 Å². The molecule has 2 N–H and O–H groups in total. The molecule has 1 unspecified atom stereocenters. The summed E-state index contributed by atoms with van der Waals surface area (Å²) in [7, 11) is 0. The molecule has 1 atom stereocenters. The van der Waals surface area contributed by atoms with Crippen LogP contribution in [0.5, 0.6) is 5.75 Å². The Bertz CT molecular complexity index is 943. The smallest absolute Gasteiger partial charge is 0.220 e. The van der Waals surface area contributed by atoms with E-state index < -0.39 is 0 Å². The molecule has 1 aromatic heterocycles. The van der Waals surface area contributed by atoms with Crippen molar-refractivity contribution in [3.63, 3.8) is 0 Å². The Balaban J connectivity index is 1.51. The van der Waals surface area contributed by atoms with E-state index in [2.05, 4.69) is 53.4 Å². The number of amides is 1. The van der Waals surface area contributed by atoms with Crippen LogP contribution in [0.1, 0.15) is 62.4 Å². The molecule has 0 radical (unpaired) electrons. The molecule has 3 rings (SSSR count). The zero-order valence-electron chi connectivity index (χ0n) is 18.1. The van der Waals surface area contributed by atoms with Crippen LogP contribution in [0.3, 0.4) is 0 Å².